The molecule has 1 fully saturated rings. The number of nitrogens with zero attached hydrogens (tertiary/aromatic N) is 3. The van der Waals surface area contributed by atoms with Crippen molar-refractivity contribution in [3.8, 4) is 0 Å². The standard InChI is InChI=1S/C27H30F4N4O4/c1-2-38-25(36)20(13-22(28)29)19-12-23-33-21(15-35(23)32-14-19)24(18-8-10-27(30,31)11-9-18)34-26(37)39-16-17-6-4-3-5-7-17/h3-7,12,14-15,18,20,22,24H,2,8-11,13,16H2,1H3,(H,34,37). The number of benzene rings is 1. The third kappa shape index (κ3) is 7.45. The average molecular weight is 551 g/mol. The Morgan fingerprint density at radius 3 is 2.54 bits per heavy atom. The zero-order valence-electron chi connectivity index (χ0n) is 21.4. The van der Waals surface area contributed by atoms with E-state index < -0.39 is 42.8 Å². The number of nitrogens with one attached hydrogen (secondary N) is 1. The molecule has 8 nitrogen and oxygen atoms in total. The maximum absolute atomic E-state index is 13.9. The highest BCUT2D eigenvalue weighted by atomic mass is 19.3. The Bertz CT molecular complexity index is 1260. The van der Waals surface area contributed by atoms with E-state index in [1.807, 2.05) is 18.2 Å². The van der Waals surface area contributed by atoms with Gasteiger partial charge in [-0.25, -0.2) is 31.9 Å². The lowest BCUT2D eigenvalue weighted by Gasteiger charge is -2.33. The van der Waals surface area contributed by atoms with Crippen molar-refractivity contribution < 1.29 is 36.6 Å². The average Bonchev–Trinajstić information content (AvgIpc) is 3.33. The van der Waals surface area contributed by atoms with Crippen molar-refractivity contribution in [2.75, 3.05) is 6.61 Å². The normalized spacial score (nSPS) is 17.1. The second-order valence-electron chi connectivity index (χ2n) is 9.57. The number of hydrogen-bond acceptors (Lipinski definition) is 6. The van der Waals surface area contributed by atoms with Crippen LogP contribution in [0.3, 0.4) is 0 Å². The molecule has 1 saturated carbocycles. The minimum Gasteiger partial charge on any atom is -0.466 e. The van der Waals surface area contributed by atoms with Crippen molar-refractivity contribution in [3.63, 3.8) is 0 Å². The second-order valence-corrected chi connectivity index (χ2v) is 9.57. The maximum atomic E-state index is 13.9. The summed E-state index contributed by atoms with van der Waals surface area (Å²) in [5.41, 5.74) is 1.60. The highest BCUT2D eigenvalue weighted by Gasteiger charge is 2.39. The van der Waals surface area contributed by atoms with Gasteiger partial charge in [0.2, 0.25) is 12.3 Å². The topological polar surface area (TPSA) is 94.8 Å². The number of imidazole rings is 1. The molecule has 39 heavy (non-hydrogen) atoms. The monoisotopic (exact) mass is 550 g/mol. The lowest BCUT2D eigenvalue weighted by Crippen LogP contribution is -2.37. The van der Waals surface area contributed by atoms with E-state index in [9.17, 15) is 27.2 Å². The first-order chi connectivity index (χ1) is 18.6. The van der Waals surface area contributed by atoms with E-state index in [-0.39, 0.29) is 56.0 Å². The summed E-state index contributed by atoms with van der Waals surface area (Å²) in [6.45, 7) is 1.65. The van der Waals surface area contributed by atoms with Gasteiger partial charge >= 0.3 is 12.1 Å². The third-order valence-electron chi connectivity index (χ3n) is 6.79. The van der Waals surface area contributed by atoms with Gasteiger partial charge in [0.25, 0.3) is 0 Å². The second kappa shape index (κ2) is 12.4. The number of fused-ring (bicyclic) bond motifs is 1. The summed E-state index contributed by atoms with van der Waals surface area (Å²) in [5, 5.41) is 6.99. The van der Waals surface area contributed by atoms with E-state index in [4.69, 9.17) is 9.47 Å². The Hall–Kier alpha value is -3.70. The summed E-state index contributed by atoms with van der Waals surface area (Å²) in [5.74, 6) is -5.13. The van der Waals surface area contributed by atoms with Crippen LogP contribution in [0.2, 0.25) is 0 Å². The number of ether oxygens (including phenoxy) is 2. The minimum atomic E-state index is -2.77. The Kier molecular flexibility index (Phi) is 9.03. The van der Waals surface area contributed by atoms with Crippen LogP contribution in [0, 0.1) is 5.92 Å². The van der Waals surface area contributed by atoms with Crippen molar-refractivity contribution in [1.82, 2.24) is 19.9 Å². The number of alkyl carbamates (subject to hydrolysis) is 1. The summed E-state index contributed by atoms with van der Waals surface area (Å²) in [6.07, 6.45) is -1.71. The molecule has 0 spiro atoms. The quantitative estimate of drug-likeness (QED) is 0.252. The Labute approximate surface area is 222 Å². The first-order valence-corrected chi connectivity index (χ1v) is 12.8. The molecule has 3 aromatic rings. The molecule has 1 aromatic carbocycles. The molecule has 2 aromatic heterocycles. The van der Waals surface area contributed by atoms with Gasteiger partial charge < -0.3 is 14.8 Å². The van der Waals surface area contributed by atoms with Gasteiger partial charge in [-0.05, 0) is 42.9 Å². The van der Waals surface area contributed by atoms with E-state index >= 15 is 0 Å². The fourth-order valence-corrected chi connectivity index (χ4v) is 4.76. The Balaban J connectivity index is 1.58. The molecule has 2 heterocycles. The fraction of sp³-hybridized carbons (Fsp3) is 0.481. The van der Waals surface area contributed by atoms with Gasteiger partial charge in [-0.2, -0.15) is 5.10 Å². The molecular weight excluding hydrogens is 520 g/mol. The van der Waals surface area contributed by atoms with Crippen LogP contribution >= 0.6 is 0 Å². The number of halogens is 4. The third-order valence-corrected chi connectivity index (χ3v) is 6.79. The van der Waals surface area contributed by atoms with Crippen molar-refractivity contribution in [2.45, 2.75) is 69.9 Å². The van der Waals surface area contributed by atoms with Crippen LogP contribution < -0.4 is 5.32 Å². The lowest BCUT2D eigenvalue weighted by atomic mass is 9.81. The summed E-state index contributed by atoms with van der Waals surface area (Å²) >= 11 is 0. The molecular formula is C27H30F4N4O4. The van der Waals surface area contributed by atoms with E-state index in [1.165, 1.54) is 16.8 Å². The summed E-state index contributed by atoms with van der Waals surface area (Å²) < 4.78 is 65.8. The van der Waals surface area contributed by atoms with Crippen molar-refractivity contribution in [2.24, 2.45) is 5.92 Å². The molecule has 1 aliphatic carbocycles. The van der Waals surface area contributed by atoms with Crippen molar-refractivity contribution >= 4 is 17.7 Å². The van der Waals surface area contributed by atoms with Gasteiger partial charge in [0.05, 0.1) is 36.7 Å². The largest absolute Gasteiger partial charge is 0.466 e. The minimum absolute atomic E-state index is 0.0254. The Morgan fingerprint density at radius 1 is 1.15 bits per heavy atom. The zero-order chi connectivity index (χ0) is 28.0. The molecule has 1 aliphatic rings. The summed E-state index contributed by atoms with van der Waals surface area (Å²) in [6, 6.07) is 9.77. The number of rotatable bonds is 10. The molecule has 2 atom stereocenters. The number of carbonyl (C=O) groups excluding carboxylic acids is 2. The molecule has 0 saturated heterocycles. The molecule has 4 rings (SSSR count). The predicted molar refractivity (Wildman–Crippen MR) is 132 cm³/mol. The van der Waals surface area contributed by atoms with Crippen LogP contribution in [0.5, 0.6) is 0 Å². The van der Waals surface area contributed by atoms with E-state index in [1.54, 1.807) is 25.3 Å². The van der Waals surface area contributed by atoms with Crippen molar-refractivity contribution in [1.29, 1.82) is 0 Å². The van der Waals surface area contributed by atoms with Gasteiger partial charge in [0.1, 0.15) is 6.61 Å². The number of hydrogen-bond donors (Lipinski definition) is 1. The number of aromatic nitrogens is 3. The van der Waals surface area contributed by atoms with Crippen LogP contribution in [0.4, 0.5) is 22.4 Å². The van der Waals surface area contributed by atoms with Gasteiger partial charge in [0, 0.05) is 19.3 Å². The fourth-order valence-electron chi connectivity index (χ4n) is 4.76. The van der Waals surface area contributed by atoms with E-state index in [0.717, 1.165) is 5.56 Å². The predicted octanol–water partition coefficient (Wildman–Crippen LogP) is 5.82. The van der Waals surface area contributed by atoms with Gasteiger partial charge in [-0.15, -0.1) is 0 Å². The van der Waals surface area contributed by atoms with E-state index in [0.29, 0.717) is 5.69 Å². The number of alkyl halides is 4. The summed E-state index contributed by atoms with van der Waals surface area (Å²) in [4.78, 5) is 29.6. The molecule has 0 aliphatic heterocycles. The Morgan fingerprint density at radius 2 is 1.87 bits per heavy atom. The number of esters is 1. The van der Waals surface area contributed by atoms with Crippen molar-refractivity contribution in [3.05, 3.63) is 65.6 Å². The van der Waals surface area contributed by atoms with Crippen LogP contribution in [0.15, 0.2) is 48.8 Å². The van der Waals surface area contributed by atoms with Gasteiger partial charge in [0.15, 0.2) is 5.65 Å². The van der Waals surface area contributed by atoms with Crippen LogP contribution in [0.25, 0.3) is 5.65 Å². The highest BCUT2D eigenvalue weighted by molar-refractivity contribution is 5.78. The highest BCUT2D eigenvalue weighted by Crippen LogP contribution is 2.41. The molecule has 1 N–H and O–H groups in total. The molecule has 210 valence electrons. The van der Waals surface area contributed by atoms with Crippen LogP contribution in [-0.4, -0.2) is 45.6 Å². The first kappa shape index (κ1) is 28.3. The van der Waals surface area contributed by atoms with Gasteiger partial charge in [-0.1, -0.05) is 30.3 Å². The molecule has 2 unspecified atom stereocenters. The van der Waals surface area contributed by atoms with E-state index in [2.05, 4.69) is 15.4 Å². The smallest absolute Gasteiger partial charge is 0.408 e. The zero-order valence-corrected chi connectivity index (χ0v) is 21.4. The summed E-state index contributed by atoms with van der Waals surface area (Å²) in [7, 11) is 0. The van der Waals surface area contributed by atoms with Gasteiger partial charge in [-0.3, -0.25) is 4.79 Å². The molecule has 1 amide bonds. The molecule has 12 heteroatoms. The molecule has 0 radical (unpaired) electrons. The number of amides is 1. The van der Waals surface area contributed by atoms with Crippen LogP contribution in [0.1, 0.15) is 67.8 Å². The maximum Gasteiger partial charge on any atom is 0.408 e. The first-order valence-electron chi connectivity index (χ1n) is 12.8. The van der Waals surface area contributed by atoms with Crippen LogP contribution in [-0.2, 0) is 20.9 Å². The SMILES string of the molecule is CCOC(=O)C(CC(F)F)c1cnn2cc(C(NC(=O)OCc3ccccc3)C3CCC(F)(F)CC3)nc2c1. The number of carbonyl (C=O) groups is 2. The molecule has 0 bridgehead atoms. The lowest BCUT2D eigenvalue weighted by molar-refractivity contribution is -0.146.